The lowest BCUT2D eigenvalue weighted by molar-refractivity contribution is -0.123. The number of aliphatic hydroxyl groups excluding tert-OH is 1. The van der Waals surface area contributed by atoms with Gasteiger partial charge >= 0.3 is 0 Å². The average Bonchev–Trinajstić information content (AvgIpc) is 2.52. The summed E-state index contributed by atoms with van der Waals surface area (Å²) in [6.07, 6.45) is 2.10. The number of rotatable bonds is 6. The van der Waals surface area contributed by atoms with Gasteiger partial charge in [0.05, 0.1) is 6.61 Å². The van der Waals surface area contributed by atoms with Crippen molar-refractivity contribution in [3.63, 3.8) is 0 Å². The van der Waals surface area contributed by atoms with Gasteiger partial charge in [0.25, 0.3) is 0 Å². The van der Waals surface area contributed by atoms with Crippen molar-refractivity contribution in [1.82, 2.24) is 5.32 Å². The Kier molecular flexibility index (Phi) is 5.06. The zero-order chi connectivity index (χ0) is 15.2. The van der Waals surface area contributed by atoms with Crippen molar-refractivity contribution >= 4 is 23.0 Å². The van der Waals surface area contributed by atoms with Crippen molar-refractivity contribution in [3.05, 3.63) is 48.0 Å². The molecule has 2 aromatic carbocycles. The van der Waals surface area contributed by atoms with E-state index >= 15 is 0 Å². The van der Waals surface area contributed by atoms with Gasteiger partial charge in [-0.1, -0.05) is 42.5 Å². The van der Waals surface area contributed by atoms with Gasteiger partial charge in [-0.25, -0.2) is 0 Å². The van der Waals surface area contributed by atoms with Gasteiger partial charge in [0.1, 0.15) is 5.92 Å². The highest BCUT2D eigenvalue weighted by molar-refractivity contribution is 5.93. The Morgan fingerprint density at radius 3 is 2.67 bits per heavy atom. The first kappa shape index (κ1) is 15.2. The van der Waals surface area contributed by atoms with Gasteiger partial charge in [0.2, 0.25) is 12.2 Å². The van der Waals surface area contributed by atoms with E-state index in [0.717, 1.165) is 16.3 Å². The summed E-state index contributed by atoms with van der Waals surface area (Å²) >= 11 is 0. The maximum atomic E-state index is 12.0. The SMILES string of the molecule is CC(CO)NC(=O)C([C]=O)Cc1cccc2ccccc12. The standard InChI is InChI=1S/C17H18NO3/c1-12(10-19)18-17(21)15(11-20)9-14-7-4-6-13-5-2-3-8-16(13)14/h2-8,12,15,19H,9-10H2,1H3,(H,18,21). The molecule has 2 N–H and O–H groups in total. The van der Waals surface area contributed by atoms with Gasteiger partial charge in [-0.15, -0.1) is 0 Å². The molecule has 21 heavy (non-hydrogen) atoms. The highest BCUT2D eigenvalue weighted by atomic mass is 16.3. The van der Waals surface area contributed by atoms with Gasteiger partial charge in [-0.05, 0) is 29.7 Å². The first-order chi connectivity index (χ1) is 10.2. The van der Waals surface area contributed by atoms with Crippen LogP contribution in [0.2, 0.25) is 0 Å². The summed E-state index contributed by atoms with van der Waals surface area (Å²) in [7, 11) is 0. The zero-order valence-electron chi connectivity index (χ0n) is 11.9. The van der Waals surface area contributed by atoms with Crippen LogP contribution >= 0.6 is 0 Å². The summed E-state index contributed by atoms with van der Waals surface area (Å²) in [4.78, 5) is 23.1. The van der Waals surface area contributed by atoms with Crippen LogP contribution in [0.1, 0.15) is 12.5 Å². The molecule has 2 atom stereocenters. The molecular weight excluding hydrogens is 266 g/mol. The number of carbonyl (C=O) groups excluding carboxylic acids is 2. The molecule has 0 spiro atoms. The zero-order valence-corrected chi connectivity index (χ0v) is 11.9. The molecule has 4 nitrogen and oxygen atoms in total. The van der Waals surface area contributed by atoms with Crippen molar-refractivity contribution in [1.29, 1.82) is 0 Å². The minimum absolute atomic E-state index is 0.161. The van der Waals surface area contributed by atoms with Crippen LogP contribution in [0.25, 0.3) is 10.8 Å². The molecule has 0 bridgehead atoms. The normalized spacial score (nSPS) is 13.6. The lowest BCUT2D eigenvalue weighted by Gasteiger charge is -2.15. The maximum absolute atomic E-state index is 12.0. The Labute approximate surface area is 123 Å². The lowest BCUT2D eigenvalue weighted by Crippen LogP contribution is -2.40. The van der Waals surface area contributed by atoms with Crippen molar-refractivity contribution < 1.29 is 14.7 Å². The first-order valence-corrected chi connectivity index (χ1v) is 6.91. The largest absolute Gasteiger partial charge is 0.394 e. The van der Waals surface area contributed by atoms with Gasteiger partial charge in [-0.2, -0.15) is 0 Å². The minimum atomic E-state index is -0.871. The van der Waals surface area contributed by atoms with E-state index in [4.69, 9.17) is 5.11 Å². The molecule has 0 heterocycles. The molecule has 0 aliphatic carbocycles. The third-order valence-electron chi connectivity index (χ3n) is 3.43. The predicted molar refractivity (Wildman–Crippen MR) is 81.5 cm³/mol. The third kappa shape index (κ3) is 3.67. The fourth-order valence-corrected chi connectivity index (χ4v) is 2.27. The van der Waals surface area contributed by atoms with Gasteiger partial charge in [-0.3, -0.25) is 9.59 Å². The number of hydrogen-bond acceptors (Lipinski definition) is 3. The molecule has 1 amide bonds. The van der Waals surface area contributed by atoms with Crippen molar-refractivity contribution in [2.24, 2.45) is 5.92 Å². The molecule has 1 radical (unpaired) electrons. The summed E-state index contributed by atoms with van der Waals surface area (Å²) < 4.78 is 0. The molecule has 0 aliphatic heterocycles. The molecule has 0 saturated heterocycles. The number of carbonyl (C=O) groups is 1. The molecule has 2 rings (SSSR count). The van der Waals surface area contributed by atoms with E-state index in [1.807, 2.05) is 42.5 Å². The van der Waals surface area contributed by atoms with Gasteiger partial charge in [0.15, 0.2) is 0 Å². The second-order valence-corrected chi connectivity index (χ2v) is 5.11. The van der Waals surface area contributed by atoms with E-state index in [-0.39, 0.29) is 12.6 Å². The molecule has 2 aromatic rings. The Hall–Kier alpha value is -2.20. The topological polar surface area (TPSA) is 66.4 Å². The van der Waals surface area contributed by atoms with E-state index in [1.54, 1.807) is 13.2 Å². The molecule has 0 aliphatic rings. The molecule has 0 saturated carbocycles. The van der Waals surface area contributed by atoms with E-state index < -0.39 is 11.8 Å². The number of fused-ring (bicyclic) bond motifs is 1. The number of amides is 1. The van der Waals surface area contributed by atoms with E-state index in [2.05, 4.69) is 5.32 Å². The minimum Gasteiger partial charge on any atom is -0.394 e. The predicted octanol–water partition coefficient (Wildman–Crippen LogP) is 1.61. The highest BCUT2D eigenvalue weighted by Gasteiger charge is 2.21. The van der Waals surface area contributed by atoms with Crippen LogP contribution in [-0.2, 0) is 16.0 Å². The maximum Gasteiger partial charge on any atom is 0.231 e. The van der Waals surface area contributed by atoms with Gasteiger partial charge in [0, 0.05) is 6.04 Å². The average molecular weight is 284 g/mol. The molecule has 0 aromatic heterocycles. The molecular formula is C17H18NO3. The number of aliphatic hydroxyl groups is 1. The second kappa shape index (κ2) is 6.99. The van der Waals surface area contributed by atoms with Crippen LogP contribution in [-0.4, -0.2) is 29.9 Å². The van der Waals surface area contributed by atoms with E-state index in [9.17, 15) is 9.59 Å². The number of nitrogens with one attached hydrogen (secondary N) is 1. The molecule has 109 valence electrons. The fourth-order valence-electron chi connectivity index (χ4n) is 2.27. The van der Waals surface area contributed by atoms with Crippen molar-refractivity contribution in [2.75, 3.05) is 6.61 Å². The Morgan fingerprint density at radius 1 is 1.24 bits per heavy atom. The summed E-state index contributed by atoms with van der Waals surface area (Å²) in [5, 5.41) is 13.7. The summed E-state index contributed by atoms with van der Waals surface area (Å²) in [5.41, 5.74) is 0.938. The Morgan fingerprint density at radius 2 is 1.95 bits per heavy atom. The highest BCUT2D eigenvalue weighted by Crippen LogP contribution is 2.21. The van der Waals surface area contributed by atoms with Crippen LogP contribution in [0.4, 0.5) is 0 Å². The smallest absolute Gasteiger partial charge is 0.231 e. The van der Waals surface area contributed by atoms with Crippen molar-refractivity contribution in [3.8, 4) is 0 Å². The van der Waals surface area contributed by atoms with Crippen LogP contribution in [0.15, 0.2) is 42.5 Å². The number of benzene rings is 2. The molecule has 0 fully saturated rings. The van der Waals surface area contributed by atoms with Crippen LogP contribution in [0.3, 0.4) is 0 Å². The van der Waals surface area contributed by atoms with Gasteiger partial charge < -0.3 is 10.4 Å². The summed E-state index contributed by atoms with van der Waals surface area (Å²) in [6, 6.07) is 13.3. The quantitative estimate of drug-likeness (QED) is 0.792. The van der Waals surface area contributed by atoms with E-state index in [0.29, 0.717) is 6.42 Å². The van der Waals surface area contributed by atoms with Crippen molar-refractivity contribution in [2.45, 2.75) is 19.4 Å². The lowest BCUT2D eigenvalue weighted by atomic mass is 9.95. The Balaban J connectivity index is 2.21. The Bertz CT molecular complexity index is 633. The third-order valence-corrected chi connectivity index (χ3v) is 3.43. The van der Waals surface area contributed by atoms with Crippen LogP contribution in [0.5, 0.6) is 0 Å². The van der Waals surface area contributed by atoms with E-state index in [1.165, 1.54) is 0 Å². The molecule has 2 unspecified atom stereocenters. The monoisotopic (exact) mass is 284 g/mol. The molecule has 4 heteroatoms. The number of hydrogen-bond donors (Lipinski definition) is 2. The first-order valence-electron chi connectivity index (χ1n) is 6.91. The summed E-state index contributed by atoms with van der Waals surface area (Å²) in [6.45, 7) is 1.52. The van der Waals surface area contributed by atoms with Crippen LogP contribution < -0.4 is 5.32 Å². The second-order valence-electron chi connectivity index (χ2n) is 5.11. The summed E-state index contributed by atoms with van der Waals surface area (Å²) in [5.74, 6) is -1.27. The van der Waals surface area contributed by atoms with Crippen LogP contribution in [0, 0.1) is 5.92 Å². The fraction of sp³-hybridized carbons (Fsp3) is 0.294.